The Bertz CT molecular complexity index is 549. The van der Waals surface area contributed by atoms with Gasteiger partial charge in [-0.25, -0.2) is 9.59 Å². The van der Waals surface area contributed by atoms with Crippen LogP contribution >= 0.6 is 11.6 Å². The van der Waals surface area contributed by atoms with Crippen LogP contribution in [0.1, 0.15) is 31.4 Å². The molecular formula is C16H20ClNO5. The van der Waals surface area contributed by atoms with Crippen molar-refractivity contribution in [2.24, 2.45) is 0 Å². The summed E-state index contributed by atoms with van der Waals surface area (Å²) in [5, 5.41) is 29.6. The molecule has 0 bridgehead atoms. The van der Waals surface area contributed by atoms with Gasteiger partial charge in [-0.2, -0.15) is 0 Å². The van der Waals surface area contributed by atoms with E-state index in [0.717, 1.165) is 23.4 Å². The van der Waals surface area contributed by atoms with Crippen molar-refractivity contribution < 1.29 is 24.9 Å². The predicted octanol–water partition coefficient (Wildman–Crippen LogP) is 2.23. The number of halogens is 1. The zero-order chi connectivity index (χ0) is 17.4. The Morgan fingerprint density at radius 3 is 2.30 bits per heavy atom. The quantitative estimate of drug-likeness (QED) is 0.628. The first kappa shape index (κ1) is 19.2. The van der Waals surface area contributed by atoms with E-state index in [1.807, 2.05) is 24.3 Å². The normalized spacial score (nSPS) is 23.9. The molecule has 1 aliphatic rings. The van der Waals surface area contributed by atoms with Crippen molar-refractivity contribution in [1.82, 2.24) is 5.32 Å². The van der Waals surface area contributed by atoms with E-state index in [2.05, 4.69) is 12.2 Å². The summed E-state index contributed by atoms with van der Waals surface area (Å²) in [6, 6.07) is 8.41. The molecule has 23 heavy (non-hydrogen) atoms. The lowest BCUT2D eigenvalue weighted by molar-refractivity contribution is -0.134. The smallest absolute Gasteiger partial charge is 0.328 e. The third-order valence-electron chi connectivity index (χ3n) is 3.24. The van der Waals surface area contributed by atoms with Gasteiger partial charge in [-0.15, -0.1) is 0 Å². The Morgan fingerprint density at radius 2 is 1.83 bits per heavy atom. The molecule has 0 amide bonds. The minimum atomic E-state index is -1.26. The van der Waals surface area contributed by atoms with Crippen molar-refractivity contribution in [2.75, 3.05) is 0 Å². The lowest BCUT2D eigenvalue weighted by Crippen LogP contribution is -2.40. The number of hydrogen-bond donors (Lipinski definition) is 4. The highest BCUT2D eigenvalue weighted by Gasteiger charge is 2.25. The Hall–Kier alpha value is -1.89. The molecule has 3 atom stereocenters. The summed E-state index contributed by atoms with van der Waals surface area (Å²) in [5.41, 5.74) is 1.16. The number of aliphatic carboxylic acids is 2. The maximum absolute atomic E-state index is 9.71. The summed E-state index contributed by atoms with van der Waals surface area (Å²) in [5.74, 6) is -2.51. The van der Waals surface area contributed by atoms with Crippen LogP contribution in [-0.2, 0) is 9.59 Å². The van der Waals surface area contributed by atoms with Gasteiger partial charge in [0, 0.05) is 29.3 Å². The van der Waals surface area contributed by atoms with E-state index in [4.69, 9.17) is 21.8 Å². The van der Waals surface area contributed by atoms with Crippen LogP contribution in [0.4, 0.5) is 0 Å². The number of aliphatic hydroxyl groups is 1. The van der Waals surface area contributed by atoms with Crippen LogP contribution < -0.4 is 5.32 Å². The van der Waals surface area contributed by atoms with Gasteiger partial charge in [-0.3, -0.25) is 0 Å². The minimum absolute atomic E-state index is 0.203. The second kappa shape index (κ2) is 9.29. The third-order valence-corrected chi connectivity index (χ3v) is 3.47. The predicted molar refractivity (Wildman–Crippen MR) is 86.4 cm³/mol. The number of nitrogens with one attached hydrogen (secondary N) is 1. The van der Waals surface area contributed by atoms with Crippen LogP contribution in [0.2, 0.25) is 5.02 Å². The van der Waals surface area contributed by atoms with Gasteiger partial charge in [0.15, 0.2) is 0 Å². The molecular weight excluding hydrogens is 322 g/mol. The van der Waals surface area contributed by atoms with E-state index in [1.54, 1.807) is 0 Å². The van der Waals surface area contributed by atoms with Gasteiger partial charge in [-0.1, -0.05) is 23.7 Å². The fourth-order valence-corrected chi connectivity index (χ4v) is 2.55. The molecule has 1 aromatic rings. The topological polar surface area (TPSA) is 107 Å². The molecule has 0 unspecified atom stereocenters. The average molecular weight is 342 g/mol. The summed E-state index contributed by atoms with van der Waals surface area (Å²) in [6.07, 6.45) is 2.51. The monoisotopic (exact) mass is 341 g/mol. The Morgan fingerprint density at radius 1 is 1.22 bits per heavy atom. The first-order valence-electron chi connectivity index (χ1n) is 7.11. The fraction of sp³-hybridized carbons (Fsp3) is 0.375. The lowest BCUT2D eigenvalue weighted by atomic mass is 9.92. The molecule has 1 fully saturated rings. The molecule has 4 N–H and O–H groups in total. The Labute approximate surface area is 139 Å². The van der Waals surface area contributed by atoms with Crippen molar-refractivity contribution in [1.29, 1.82) is 0 Å². The molecule has 0 saturated carbocycles. The highest BCUT2D eigenvalue weighted by molar-refractivity contribution is 6.30. The summed E-state index contributed by atoms with van der Waals surface area (Å²) in [6.45, 7) is 2.10. The van der Waals surface area contributed by atoms with Crippen LogP contribution in [-0.4, -0.2) is 39.4 Å². The molecule has 0 radical (unpaired) electrons. The maximum Gasteiger partial charge on any atom is 0.328 e. The number of benzene rings is 1. The fourth-order valence-electron chi connectivity index (χ4n) is 2.35. The lowest BCUT2D eigenvalue weighted by Gasteiger charge is -2.32. The van der Waals surface area contributed by atoms with Gasteiger partial charge in [0.2, 0.25) is 0 Å². The highest BCUT2D eigenvalue weighted by Crippen LogP contribution is 2.27. The van der Waals surface area contributed by atoms with Crippen molar-refractivity contribution in [3.8, 4) is 0 Å². The van der Waals surface area contributed by atoms with Crippen LogP contribution in [0.3, 0.4) is 0 Å². The molecule has 126 valence electrons. The van der Waals surface area contributed by atoms with E-state index in [1.165, 1.54) is 0 Å². The standard InChI is InChI=1S/C12H16ClNO.C4H4O4/c1-8-5-11(15)7-12(14-8)9-3-2-4-10(13)6-9;5-3(6)1-2-4(7)8/h2-4,6,8,11-12,14-15H,5,7H2,1H3;1-2H,(H,5,6)(H,7,8)/b;2-1+/t8-,11+,12-;/m0./s1. The summed E-state index contributed by atoms with van der Waals surface area (Å²) < 4.78 is 0. The minimum Gasteiger partial charge on any atom is -0.478 e. The highest BCUT2D eigenvalue weighted by atomic mass is 35.5. The molecule has 2 rings (SSSR count). The van der Waals surface area contributed by atoms with Crippen LogP contribution in [0, 0.1) is 0 Å². The number of carboxylic acids is 2. The molecule has 1 aliphatic heterocycles. The molecule has 1 aromatic carbocycles. The molecule has 0 aliphatic carbocycles. The van der Waals surface area contributed by atoms with Crippen molar-refractivity contribution in [2.45, 2.75) is 38.0 Å². The van der Waals surface area contributed by atoms with Gasteiger partial charge < -0.3 is 20.6 Å². The zero-order valence-electron chi connectivity index (χ0n) is 12.6. The maximum atomic E-state index is 9.71. The van der Waals surface area contributed by atoms with Gasteiger partial charge in [0.05, 0.1) is 6.10 Å². The van der Waals surface area contributed by atoms with Crippen molar-refractivity contribution in [3.63, 3.8) is 0 Å². The van der Waals surface area contributed by atoms with E-state index in [9.17, 15) is 14.7 Å². The summed E-state index contributed by atoms with van der Waals surface area (Å²) in [7, 11) is 0. The van der Waals surface area contributed by atoms with Crippen LogP contribution in [0.25, 0.3) is 0 Å². The summed E-state index contributed by atoms with van der Waals surface area (Å²) in [4.78, 5) is 19.1. The molecule has 6 nitrogen and oxygen atoms in total. The van der Waals surface area contributed by atoms with Gasteiger partial charge >= 0.3 is 11.9 Å². The zero-order valence-corrected chi connectivity index (χ0v) is 13.4. The summed E-state index contributed by atoms with van der Waals surface area (Å²) >= 11 is 5.95. The number of carbonyl (C=O) groups is 2. The average Bonchev–Trinajstić information content (AvgIpc) is 2.45. The van der Waals surface area contributed by atoms with Gasteiger partial charge in [-0.05, 0) is 37.5 Å². The van der Waals surface area contributed by atoms with Gasteiger partial charge in [0.25, 0.3) is 0 Å². The van der Waals surface area contributed by atoms with E-state index >= 15 is 0 Å². The van der Waals surface area contributed by atoms with Crippen molar-refractivity contribution in [3.05, 3.63) is 47.0 Å². The number of piperidine rings is 1. The van der Waals surface area contributed by atoms with Crippen LogP contribution in [0.15, 0.2) is 36.4 Å². The Kier molecular flexibility index (Phi) is 7.74. The number of hydrogen-bond acceptors (Lipinski definition) is 4. The van der Waals surface area contributed by atoms with E-state index in [0.29, 0.717) is 18.2 Å². The third kappa shape index (κ3) is 7.78. The van der Waals surface area contributed by atoms with Crippen molar-refractivity contribution >= 4 is 23.5 Å². The first-order chi connectivity index (χ1) is 10.8. The van der Waals surface area contributed by atoms with E-state index < -0.39 is 11.9 Å². The van der Waals surface area contributed by atoms with Crippen LogP contribution in [0.5, 0.6) is 0 Å². The first-order valence-corrected chi connectivity index (χ1v) is 7.49. The molecule has 1 heterocycles. The number of carboxylic acid groups (broad SMARTS) is 2. The molecule has 0 spiro atoms. The van der Waals surface area contributed by atoms with Gasteiger partial charge in [0.1, 0.15) is 0 Å². The second-order valence-electron chi connectivity index (χ2n) is 5.31. The molecule has 7 heteroatoms. The number of rotatable bonds is 3. The Balaban J connectivity index is 0.000000284. The number of aliphatic hydroxyl groups excluding tert-OH is 1. The largest absolute Gasteiger partial charge is 0.478 e. The molecule has 1 saturated heterocycles. The second-order valence-corrected chi connectivity index (χ2v) is 5.75. The SMILES string of the molecule is C[C@H]1C[C@@H](O)C[C@@H](c2cccc(Cl)c2)N1.O=C(O)/C=C/C(=O)O. The van der Waals surface area contributed by atoms with E-state index in [-0.39, 0.29) is 12.1 Å². The molecule has 0 aromatic heterocycles.